The molecular weight excluding hydrogens is 403 g/mol. The Labute approximate surface area is 159 Å². The summed E-state index contributed by atoms with van der Waals surface area (Å²) < 4.78 is 77.1. The minimum Gasteiger partial charge on any atom is -0.482 e. The quantitative estimate of drug-likeness (QED) is 0.660. The van der Waals surface area contributed by atoms with Gasteiger partial charge in [-0.3, -0.25) is 4.72 Å². The number of anilines is 1. The van der Waals surface area contributed by atoms with E-state index in [-0.39, 0.29) is 29.5 Å². The summed E-state index contributed by atoms with van der Waals surface area (Å²) in [5.74, 6) is -0.891. The highest BCUT2D eigenvalue weighted by molar-refractivity contribution is 7.92. The molecule has 0 aliphatic rings. The van der Waals surface area contributed by atoms with E-state index in [1.807, 2.05) is 0 Å². The van der Waals surface area contributed by atoms with Crippen LogP contribution in [0.2, 0.25) is 0 Å². The molecule has 0 saturated heterocycles. The Morgan fingerprint density at radius 2 is 1.75 bits per heavy atom. The molecule has 0 radical (unpaired) electrons. The summed E-state index contributed by atoms with van der Waals surface area (Å²) in [6, 6.07) is 9.53. The van der Waals surface area contributed by atoms with Crippen LogP contribution in [0, 0.1) is 0 Å². The fourth-order valence-corrected chi connectivity index (χ4v) is 3.08. The number of nitrogens with one attached hydrogen (secondary N) is 1. The number of benzene rings is 2. The molecule has 0 unspecified atom stereocenters. The summed E-state index contributed by atoms with van der Waals surface area (Å²) in [4.78, 5) is 11.0. The van der Waals surface area contributed by atoms with Crippen molar-refractivity contribution >= 4 is 21.7 Å². The standard InChI is InChI=1S/C17H16F3NO6S/c1-2-25-16(22)11-26-14-5-3-4-12(10-14)21-28(23,24)15-8-6-13(7-9-15)27-17(18,19)20/h3-10,21H,2,11H2,1H3. The average molecular weight is 419 g/mol. The Kier molecular flexibility index (Phi) is 6.73. The largest absolute Gasteiger partial charge is 0.573 e. The second-order valence-electron chi connectivity index (χ2n) is 5.25. The van der Waals surface area contributed by atoms with Crippen molar-refractivity contribution in [3.05, 3.63) is 48.5 Å². The third-order valence-electron chi connectivity index (χ3n) is 3.12. The van der Waals surface area contributed by atoms with Crippen LogP contribution in [0.3, 0.4) is 0 Å². The highest BCUT2D eigenvalue weighted by Gasteiger charge is 2.31. The molecule has 0 bridgehead atoms. The normalized spacial score (nSPS) is 11.6. The minimum atomic E-state index is -4.87. The summed E-state index contributed by atoms with van der Waals surface area (Å²) in [7, 11) is -4.06. The third kappa shape index (κ3) is 6.65. The summed E-state index contributed by atoms with van der Waals surface area (Å²) in [6.07, 6.45) is -4.87. The molecule has 152 valence electrons. The molecule has 2 aromatic carbocycles. The van der Waals surface area contributed by atoms with Crippen LogP contribution < -0.4 is 14.2 Å². The van der Waals surface area contributed by atoms with Crippen LogP contribution in [0.15, 0.2) is 53.4 Å². The van der Waals surface area contributed by atoms with Gasteiger partial charge in [-0.15, -0.1) is 13.2 Å². The van der Waals surface area contributed by atoms with E-state index in [2.05, 4.69) is 9.46 Å². The molecule has 0 spiro atoms. The molecule has 0 aliphatic carbocycles. The monoisotopic (exact) mass is 419 g/mol. The van der Waals surface area contributed by atoms with Crippen LogP contribution in [0.4, 0.5) is 18.9 Å². The van der Waals surface area contributed by atoms with Gasteiger partial charge in [0.05, 0.1) is 17.2 Å². The molecule has 2 aromatic rings. The second-order valence-corrected chi connectivity index (χ2v) is 6.93. The van der Waals surface area contributed by atoms with Crippen LogP contribution in [-0.2, 0) is 19.6 Å². The smallest absolute Gasteiger partial charge is 0.482 e. The van der Waals surface area contributed by atoms with E-state index in [1.54, 1.807) is 6.92 Å². The van der Waals surface area contributed by atoms with Crippen molar-refractivity contribution in [3.8, 4) is 11.5 Å². The second kappa shape index (κ2) is 8.83. The van der Waals surface area contributed by atoms with E-state index < -0.39 is 28.1 Å². The van der Waals surface area contributed by atoms with Crippen molar-refractivity contribution in [3.63, 3.8) is 0 Å². The van der Waals surface area contributed by atoms with Gasteiger partial charge < -0.3 is 14.2 Å². The maximum absolute atomic E-state index is 12.4. The van der Waals surface area contributed by atoms with Gasteiger partial charge in [-0.1, -0.05) is 6.07 Å². The Morgan fingerprint density at radius 3 is 2.36 bits per heavy atom. The van der Waals surface area contributed by atoms with Gasteiger partial charge in [-0.2, -0.15) is 0 Å². The number of carbonyl (C=O) groups is 1. The summed E-state index contributed by atoms with van der Waals surface area (Å²) in [5.41, 5.74) is 0.136. The van der Waals surface area contributed by atoms with Gasteiger partial charge in [0.15, 0.2) is 6.61 Å². The SMILES string of the molecule is CCOC(=O)COc1cccc(NS(=O)(=O)c2ccc(OC(F)(F)F)cc2)c1. The molecule has 0 fully saturated rings. The van der Waals surface area contributed by atoms with Crippen LogP contribution in [0.25, 0.3) is 0 Å². The number of rotatable bonds is 8. The molecule has 2 rings (SSSR count). The highest BCUT2D eigenvalue weighted by atomic mass is 32.2. The first kappa shape index (κ1) is 21.4. The lowest BCUT2D eigenvalue weighted by Crippen LogP contribution is -2.17. The summed E-state index contributed by atoms with van der Waals surface area (Å²) >= 11 is 0. The van der Waals surface area contributed by atoms with Gasteiger partial charge in [-0.05, 0) is 43.3 Å². The summed E-state index contributed by atoms with van der Waals surface area (Å²) in [6.45, 7) is 1.51. The lowest BCUT2D eigenvalue weighted by atomic mass is 10.3. The molecule has 28 heavy (non-hydrogen) atoms. The van der Waals surface area contributed by atoms with Crippen LogP contribution >= 0.6 is 0 Å². The van der Waals surface area contributed by atoms with Crippen molar-refractivity contribution in [1.29, 1.82) is 0 Å². The van der Waals surface area contributed by atoms with E-state index in [1.165, 1.54) is 24.3 Å². The number of ether oxygens (including phenoxy) is 3. The highest BCUT2D eigenvalue weighted by Crippen LogP contribution is 2.25. The first-order valence-corrected chi connectivity index (χ1v) is 9.34. The fraction of sp³-hybridized carbons (Fsp3) is 0.235. The third-order valence-corrected chi connectivity index (χ3v) is 4.51. The van der Waals surface area contributed by atoms with Crippen LogP contribution in [-0.4, -0.2) is 34.0 Å². The number of hydrogen-bond acceptors (Lipinski definition) is 6. The molecular formula is C17H16F3NO6S. The van der Waals surface area contributed by atoms with Gasteiger partial charge >= 0.3 is 12.3 Å². The zero-order chi connectivity index (χ0) is 20.8. The van der Waals surface area contributed by atoms with E-state index in [0.717, 1.165) is 24.3 Å². The topological polar surface area (TPSA) is 90.9 Å². The van der Waals surface area contributed by atoms with E-state index in [9.17, 15) is 26.4 Å². The van der Waals surface area contributed by atoms with Crippen molar-refractivity contribution in [2.24, 2.45) is 0 Å². The molecule has 0 saturated carbocycles. The Morgan fingerprint density at radius 1 is 1.07 bits per heavy atom. The molecule has 1 N–H and O–H groups in total. The van der Waals surface area contributed by atoms with Gasteiger partial charge in [0.1, 0.15) is 11.5 Å². The first-order valence-electron chi connectivity index (χ1n) is 7.86. The fourth-order valence-electron chi connectivity index (χ4n) is 2.03. The first-order chi connectivity index (χ1) is 13.1. The minimum absolute atomic E-state index is 0.136. The maximum atomic E-state index is 12.4. The maximum Gasteiger partial charge on any atom is 0.573 e. The van der Waals surface area contributed by atoms with Crippen molar-refractivity contribution in [2.45, 2.75) is 18.2 Å². The molecule has 0 aromatic heterocycles. The Hall–Kier alpha value is -2.95. The van der Waals surface area contributed by atoms with Crippen molar-refractivity contribution in [1.82, 2.24) is 0 Å². The number of halogens is 3. The molecule has 0 atom stereocenters. The van der Waals surface area contributed by atoms with Gasteiger partial charge in [0, 0.05) is 6.07 Å². The van der Waals surface area contributed by atoms with E-state index in [0.29, 0.717) is 0 Å². The number of alkyl halides is 3. The van der Waals surface area contributed by atoms with E-state index in [4.69, 9.17) is 9.47 Å². The molecule has 0 amide bonds. The number of esters is 1. The van der Waals surface area contributed by atoms with Gasteiger partial charge in [-0.25, -0.2) is 13.2 Å². The summed E-state index contributed by atoms with van der Waals surface area (Å²) in [5, 5.41) is 0. The Bertz CT molecular complexity index is 913. The molecule has 7 nitrogen and oxygen atoms in total. The lowest BCUT2D eigenvalue weighted by molar-refractivity contribution is -0.274. The number of carbonyl (C=O) groups excluding carboxylic acids is 1. The van der Waals surface area contributed by atoms with Crippen LogP contribution in [0.1, 0.15) is 6.92 Å². The molecule has 11 heteroatoms. The van der Waals surface area contributed by atoms with E-state index >= 15 is 0 Å². The zero-order valence-corrected chi connectivity index (χ0v) is 15.3. The number of hydrogen-bond donors (Lipinski definition) is 1. The predicted octanol–water partition coefficient (Wildman–Crippen LogP) is 3.33. The van der Waals surface area contributed by atoms with Gasteiger partial charge in [0.25, 0.3) is 10.0 Å². The number of sulfonamides is 1. The molecule has 0 aliphatic heterocycles. The predicted molar refractivity (Wildman–Crippen MR) is 92.5 cm³/mol. The van der Waals surface area contributed by atoms with Gasteiger partial charge in [0.2, 0.25) is 0 Å². The average Bonchev–Trinajstić information content (AvgIpc) is 2.59. The van der Waals surface area contributed by atoms with Crippen molar-refractivity contribution in [2.75, 3.05) is 17.9 Å². The zero-order valence-electron chi connectivity index (χ0n) is 14.5. The molecule has 0 heterocycles. The Balaban J connectivity index is 2.07. The lowest BCUT2D eigenvalue weighted by Gasteiger charge is -2.12. The van der Waals surface area contributed by atoms with Crippen molar-refractivity contribution < 1.29 is 40.6 Å². The van der Waals surface area contributed by atoms with Crippen LogP contribution in [0.5, 0.6) is 11.5 Å².